The summed E-state index contributed by atoms with van der Waals surface area (Å²) in [7, 11) is 0. The first-order valence-corrected chi connectivity index (χ1v) is 9.33. The third kappa shape index (κ3) is 4.07. The Labute approximate surface area is 156 Å². The molecular formula is C19H19ClINO. The number of carbonyl (C=O) groups is 1. The Morgan fingerprint density at radius 1 is 1.22 bits per heavy atom. The van der Waals surface area contributed by atoms with Gasteiger partial charge >= 0.3 is 0 Å². The molecular weight excluding hydrogens is 421 g/mol. The second-order valence-corrected chi connectivity index (χ2v) is 7.70. The number of benzene rings is 2. The topological polar surface area (TPSA) is 20.3 Å². The van der Waals surface area contributed by atoms with E-state index in [4.69, 9.17) is 11.6 Å². The second kappa shape index (κ2) is 7.22. The van der Waals surface area contributed by atoms with Gasteiger partial charge in [-0.2, -0.15) is 0 Å². The van der Waals surface area contributed by atoms with Crippen LogP contribution in [-0.2, 0) is 6.42 Å². The van der Waals surface area contributed by atoms with E-state index in [-0.39, 0.29) is 11.9 Å². The van der Waals surface area contributed by atoms with Gasteiger partial charge in [-0.3, -0.25) is 4.79 Å². The molecule has 1 fully saturated rings. The zero-order valence-electron chi connectivity index (χ0n) is 13.0. The van der Waals surface area contributed by atoms with Crippen molar-refractivity contribution in [3.63, 3.8) is 0 Å². The van der Waals surface area contributed by atoms with Crippen LogP contribution in [-0.4, -0.2) is 22.9 Å². The zero-order chi connectivity index (χ0) is 16.4. The van der Waals surface area contributed by atoms with Crippen LogP contribution in [0.3, 0.4) is 0 Å². The van der Waals surface area contributed by atoms with Crippen molar-refractivity contribution in [2.24, 2.45) is 0 Å². The van der Waals surface area contributed by atoms with Gasteiger partial charge in [0.1, 0.15) is 0 Å². The number of hydrogen-bond acceptors (Lipinski definition) is 1. The molecule has 4 heteroatoms. The van der Waals surface area contributed by atoms with Gasteiger partial charge in [0, 0.05) is 20.7 Å². The molecule has 2 nitrogen and oxygen atoms in total. The Hall–Kier alpha value is -1.07. The van der Waals surface area contributed by atoms with Crippen LogP contribution in [0.25, 0.3) is 0 Å². The summed E-state index contributed by atoms with van der Waals surface area (Å²) in [5.74, 6) is 0.152. The van der Waals surface area contributed by atoms with Crippen molar-refractivity contribution in [2.45, 2.75) is 38.3 Å². The van der Waals surface area contributed by atoms with Gasteiger partial charge in [0.2, 0.25) is 0 Å². The molecule has 120 valence electrons. The van der Waals surface area contributed by atoms with Crippen molar-refractivity contribution >= 4 is 40.1 Å². The van der Waals surface area contributed by atoms with Crippen LogP contribution in [0.5, 0.6) is 0 Å². The first-order valence-electron chi connectivity index (χ1n) is 7.88. The molecule has 0 radical (unpaired) electrons. The number of amides is 1. The molecule has 0 N–H and O–H groups in total. The molecule has 1 aliphatic rings. The van der Waals surface area contributed by atoms with E-state index in [0.717, 1.165) is 33.4 Å². The van der Waals surface area contributed by atoms with E-state index in [0.29, 0.717) is 6.04 Å². The lowest BCUT2D eigenvalue weighted by Gasteiger charge is -2.30. The third-order valence-corrected chi connectivity index (χ3v) is 5.39. The summed E-state index contributed by atoms with van der Waals surface area (Å²) in [4.78, 5) is 15.1. The molecule has 2 aromatic rings. The van der Waals surface area contributed by atoms with Gasteiger partial charge in [0.05, 0.1) is 5.56 Å². The van der Waals surface area contributed by atoms with Gasteiger partial charge in [-0.15, -0.1) is 0 Å². The van der Waals surface area contributed by atoms with Crippen LogP contribution in [0.2, 0.25) is 5.02 Å². The molecule has 0 spiro atoms. The lowest BCUT2D eigenvalue weighted by Crippen LogP contribution is -2.41. The van der Waals surface area contributed by atoms with Crippen LogP contribution in [0.4, 0.5) is 0 Å². The van der Waals surface area contributed by atoms with E-state index in [1.807, 2.05) is 48.5 Å². The monoisotopic (exact) mass is 439 g/mol. The van der Waals surface area contributed by atoms with E-state index in [9.17, 15) is 4.79 Å². The number of carbonyl (C=O) groups excluding carboxylic acids is 1. The minimum atomic E-state index is 0.152. The molecule has 0 saturated heterocycles. The molecule has 3 rings (SSSR count). The maximum absolute atomic E-state index is 13.0. The van der Waals surface area contributed by atoms with E-state index in [1.165, 1.54) is 5.56 Å². The predicted octanol–water partition coefficient (Wildman–Crippen LogP) is 5.18. The molecule has 1 amide bonds. The highest BCUT2D eigenvalue weighted by atomic mass is 127. The molecule has 0 aromatic heterocycles. The van der Waals surface area contributed by atoms with Crippen LogP contribution in [0.15, 0.2) is 48.5 Å². The van der Waals surface area contributed by atoms with Gasteiger partial charge < -0.3 is 4.90 Å². The van der Waals surface area contributed by atoms with Crippen molar-refractivity contribution in [1.29, 1.82) is 0 Å². The Morgan fingerprint density at radius 2 is 1.87 bits per heavy atom. The highest BCUT2D eigenvalue weighted by Crippen LogP contribution is 2.32. The molecule has 2 aromatic carbocycles. The maximum atomic E-state index is 13.0. The quantitative estimate of drug-likeness (QED) is 0.588. The minimum Gasteiger partial charge on any atom is -0.333 e. The molecule has 1 aliphatic carbocycles. The molecule has 0 heterocycles. The lowest BCUT2D eigenvalue weighted by molar-refractivity contribution is 0.0674. The molecule has 0 aliphatic heterocycles. The lowest BCUT2D eigenvalue weighted by atomic mass is 10.0. The fourth-order valence-electron chi connectivity index (χ4n) is 2.91. The van der Waals surface area contributed by atoms with Gasteiger partial charge in [-0.1, -0.05) is 35.9 Å². The van der Waals surface area contributed by atoms with Gasteiger partial charge in [-0.05, 0) is 78.6 Å². The Balaban J connectivity index is 1.79. The standard InChI is InChI=1S/C19H19ClINO/c1-13(12-14-6-8-15(20)9-7-14)22(16-10-11-16)19(23)17-4-2-3-5-18(17)21/h2-9,13,16H,10-12H2,1H3. The highest BCUT2D eigenvalue weighted by molar-refractivity contribution is 14.1. The first-order chi connectivity index (χ1) is 11.1. The molecule has 1 saturated carbocycles. The van der Waals surface area contributed by atoms with Crippen molar-refractivity contribution in [3.8, 4) is 0 Å². The minimum absolute atomic E-state index is 0.152. The van der Waals surface area contributed by atoms with Crippen molar-refractivity contribution < 1.29 is 4.79 Å². The first kappa shape index (κ1) is 16.8. The summed E-state index contributed by atoms with van der Waals surface area (Å²) in [6, 6.07) is 16.3. The van der Waals surface area contributed by atoms with Gasteiger partial charge in [0.15, 0.2) is 0 Å². The molecule has 1 atom stereocenters. The number of hydrogen-bond donors (Lipinski definition) is 0. The number of nitrogens with zero attached hydrogens (tertiary/aromatic N) is 1. The van der Waals surface area contributed by atoms with Crippen molar-refractivity contribution in [1.82, 2.24) is 4.90 Å². The van der Waals surface area contributed by atoms with Crippen LogP contribution in [0.1, 0.15) is 35.7 Å². The summed E-state index contributed by atoms with van der Waals surface area (Å²) in [5, 5.41) is 0.746. The largest absolute Gasteiger partial charge is 0.333 e. The second-order valence-electron chi connectivity index (χ2n) is 6.10. The predicted molar refractivity (Wildman–Crippen MR) is 103 cm³/mol. The van der Waals surface area contributed by atoms with Crippen LogP contribution in [0, 0.1) is 3.57 Å². The average Bonchev–Trinajstić information content (AvgIpc) is 3.35. The Kier molecular flexibility index (Phi) is 5.27. The van der Waals surface area contributed by atoms with Crippen LogP contribution < -0.4 is 0 Å². The summed E-state index contributed by atoms with van der Waals surface area (Å²) in [6.45, 7) is 2.14. The Bertz CT molecular complexity index is 697. The maximum Gasteiger partial charge on any atom is 0.255 e. The summed E-state index contributed by atoms with van der Waals surface area (Å²) in [5.41, 5.74) is 2.02. The average molecular weight is 440 g/mol. The summed E-state index contributed by atoms with van der Waals surface area (Å²) < 4.78 is 1.01. The summed E-state index contributed by atoms with van der Waals surface area (Å²) in [6.07, 6.45) is 3.07. The van der Waals surface area contributed by atoms with E-state index < -0.39 is 0 Å². The normalized spacial score (nSPS) is 15.3. The molecule has 23 heavy (non-hydrogen) atoms. The van der Waals surface area contributed by atoms with Gasteiger partial charge in [0.25, 0.3) is 5.91 Å². The number of rotatable bonds is 5. The smallest absolute Gasteiger partial charge is 0.255 e. The third-order valence-electron chi connectivity index (χ3n) is 4.20. The number of halogens is 2. The van der Waals surface area contributed by atoms with Crippen LogP contribution >= 0.6 is 34.2 Å². The molecule has 0 bridgehead atoms. The summed E-state index contributed by atoms with van der Waals surface area (Å²) >= 11 is 8.20. The Morgan fingerprint density at radius 3 is 2.48 bits per heavy atom. The highest BCUT2D eigenvalue weighted by Gasteiger charge is 2.36. The van der Waals surface area contributed by atoms with E-state index >= 15 is 0 Å². The fraction of sp³-hybridized carbons (Fsp3) is 0.316. The SMILES string of the molecule is CC(Cc1ccc(Cl)cc1)N(C(=O)c1ccccc1I)C1CC1. The van der Waals surface area contributed by atoms with Crippen molar-refractivity contribution in [2.75, 3.05) is 0 Å². The van der Waals surface area contributed by atoms with E-state index in [1.54, 1.807) is 0 Å². The van der Waals surface area contributed by atoms with Crippen molar-refractivity contribution in [3.05, 3.63) is 68.3 Å². The van der Waals surface area contributed by atoms with Gasteiger partial charge in [-0.25, -0.2) is 0 Å². The molecule has 1 unspecified atom stereocenters. The zero-order valence-corrected chi connectivity index (χ0v) is 15.9. The fourth-order valence-corrected chi connectivity index (χ4v) is 3.66. The van der Waals surface area contributed by atoms with E-state index in [2.05, 4.69) is 34.4 Å².